The van der Waals surface area contributed by atoms with Crippen molar-refractivity contribution in [2.24, 2.45) is 5.92 Å². The van der Waals surface area contributed by atoms with E-state index >= 15 is 0 Å². The normalized spacial score (nSPS) is 24.1. The van der Waals surface area contributed by atoms with Gasteiger partial charge in [0, 0.05) is 17.6 Å². The molecule has 3 rings (SSSR count). The van der Waals surface area contributed by atoms with E-state index in [-0.39, 0.29) is 0 Å². The molecule has 0 amide bonds. The molecular formula is C18H25N3. The summed E-state index contributed by atoms with van der Waals surface area (Å²) in [5.74, 6) is 0.648. The maximum atomic E-state index is 4.67. The van der Waals surface area contributed by atoms with Crippen molar-refractivity contribution in [1.29, 1.82) is 0 Å². The summed E-state index contributed by atoms with van der Waals surface area (Å²) in [6, 6.07) is 11.2. The molecule has 1 aromatic carbocycles. The standard InChI is InChI=1S/C18H25N3/c1-19-13-15-7-3-4-12-21(2)18(15)16-10-5-8-14-9-6-11-20-17(14)16/h5-6,8-11,15,18-19H,3-4,7,12-13H2,1-2H3. The molecule has 1 aliphatic heterocycles. The molecule has 0 bridgehead atoms. The summed E-state index contributed by atoms with van der Waals surface area (Å²) in [5.41, 5.74) is 2.55. The van der Waals surface area contributed by atoms with Crippen molar-refractivity contribution < 1.29 is 0 Å². The molecule has 2 aromatic rings. The van der Waals surface area contributed by atoms with Gasteiger partial charge in [0.2, 0.25) is 0 Å². The first-order chi connectivity index (χ1) is 10.3. The van der Waals surface area contributed by atoms with Crippen LogP contribution in [0.15, 0.2) is 36.5 Å². The number of rotatable bonds is 3. The monoisotopic (exact) mass is 283 g/mol. The molecular weight excluding hydrogens is 258 g/mol. The smallest absolute Gasteiger partial charge is 0.0749 e. The van der Waals surface area contributed by atoms with Crippen LogP contribution >= 0.6 is 0 Å². The molecule has 2 unspecified atom stereocenters. The van der Waals surface area contributed by atoms with Crippen LogP contribution in [0.1, 0.15) is 30.9 Å². The van der Waals surface area contributed by atoms with Gasteiger partial charge in [0.05, 0.1) is 5.52 Å². The molecule has 0 saturated carbocycles. The van der Waals surface area contributed by atoms with Crippen molar-refractivity contribution in [2.75, 3.05) is 27.2 Å². The third-order valence-corrected chi connectivity index (χ3v) is 4.71. The van der Waals surface area contributed by atoms with Gasteiger partial charge in [-0.25, -0.2) is 0 Å². The highest BCUT2D eigenvalue weighted by Crippen LogP contribution is 2.36. The SMILES string of the molecule is CNCC1CCCCN(C)C1c1cccc2cccnc12. The highest BCUT2D eigenvalue weighted by Gasteiger charge is 2.29. The largest absolute Gasteiger partial charge is 0.319 e. The maximum absolute atomic E-state index is 4.67. The molecule has 0 aliphatic carbocycles. The van der Waals surface area contributed by atoms with Crippen LogP contribution in [0.25, 0.3) is 10.9 Å². The molecule has 1 aliphatic rings. The predicted molar refractivity (Wildman–Crippen MR) is 88.4 cm³/mol. The molecule has 2 heterocycles. The van der Waals surface area contributed by atoms with Gasteiger partial charge in [-0.1, -0.05) is 30.7 Å². The van der Waals surface area contributed by atoms with Gasteiger partial charge in [-0.3, -0.25) is 9.88 Å². The second kappa shape index (κ2) is 6.54. The Morgan fingerprint density at radius 2 is 2.10 bits per heavy atom. The Morgan fingerprint density at radius 1 is 1.24 bits per heavy atom. The van der Waals surface area contributed by atoms with E-state index in [9.17, 15) is 0 Å². The lowest BCUT2D eigenvalue weighted by Gasteiger charge is -2.33. The van der Waals surface area contributed by atoms with Crippen LogP contribution in [0.4, 0.5) is 0 Å². The quantitative estimate of drug-likeness (QED) is 0.937. The highest BCUT2D eigenvalue weighted by molar-refractivity contribution is 5.82. The molecule has 1 saturated heterocycles. The van der Waals surface area contributed by atoms with Gasteiger partial charge < -0.3 is 5.32 Å². The number of fused-ring (bicyclic) bond motifs is 1. The molecule has 3 nitrogen and oxygen atoms in total. The van der Waals surface area contributed by atoms with E-state index < -0.39 is 0 Å². The Kier molecular flexibility index (Phi) is 4.51. The summed E-state index contributed by atoms with van der Waals surface area (Å²) in [6.45, 7) is 2.24. The van der Waals surface area contributed by atoms with Gasteiger partial charge in [-0.05, 0) is 57.6 Å². The lowest BCUT2D eigenvalue weighted by molar-refractivity contribution is 0.192. The van der Waals surface area contributed by atoms with Crippen LogP contribution in [-0.4, -0.2) is 37.1 Å². The first-order valence-corrected chi connectivity index (χ1v) is 7.99. The highest BCUT2D eigenvalue weighted by atomic mass is 15.1. The molecule has 1 fully saturated rings. The molecule has 2 atom stereocenters. The molecule has 3 heteroatoms. The Bertz CT molecular complexity index is 591. The summed E-state index contributed by atoms with van der Waals surface area (Å²) in [5, 5.41) is 4.63. The van der Waals surface area contributed by atoms with Gasteiger partial charge in [0.25, 0.3) is 0 Å². The van der Waals surface area contributed by atoms with Crippen molar-refractivity contribution in [3.8, 4) is 0 Å². The predicted octanol–water partition coefficient (Wildman–Crippen LogP) is 3.23. The second-order valence-electron chi connectivity index (χ2n) is 6.16. The first kappa shape index (κ1) is 14.5. The number of aromatic nitrogens is 1. The lowest BCUT2D eigenvalue weighted by Crippen LogP contribution is -2.34. The van der Waals surface area contributed by atoms with Crippen molar-refractivity contribution >= 4 is 10.9 Å². The number of nitrogens with one attached hydrogen (secondary N) is 1. The van der Waals surface area contributed by atoms with E-state index in [1.807, 2.05) is 12.3 Å². The van der Waals surface area contributed by atoms with Gasteiger partial charge in [0.15, 0.2) is 0 Å². The van der Waals surface area contributed by atoms with Crippen molar-refractivity contribution in [3.05, 3.63) is 42.1 Å². The van der Waals surface area contributed by atoms with E-state index in [1.54, 1.807) is 0 Å². The molecule has 112 valence electrons. The number of hydrogen-bond acceptors (Lipinski definition) is 3. The zero-order chi connectivity index (χ0) is 14.7. The number of pyridine rings is 1. The number of para-hydroxylation sites is 1. The van der Waals surface area contributed by atoms with Crippen molar-refractivity contribution in [3.63, 3.8) is 0 Å². The number of hydrogen-bond donors (Lipinski definition) is 1. The minimum absolute atomic E-state index is 0.457. The minimum atomic E-state index is 0.457. The summed E-state index contributed by atoms with van der Waals surface area (Å²) >= 11 is 0. The van der Waals surface area contributed by atoms with Gasteiger partial charge in [-0.15, -0.1) is 0 Å². The fourth-order valence-corrected chi connectivity index (χ4v) is 3.76. The molecule has 0 radical (unpaired) electrons. The zero-order valence-corrected chi connectivity index (χ0v) is 13.0. The van der Waals surface area contributed by atoms with Crippen LogP contribution in [0.2, 0.25) is 0 Å². The van der Waals surface area contributed by atoms with E-state index in [0.29, 0.717) is 12.0 Å². The van der Waals surface area contributed by atoms with Crippen LogP contribution in [-0.2, 0) is 0 Å². The van der Waals surface area contributed by atoms with Gasteiger partial charge in [-0.2, -0.15) is 0 Å². The Morgan fingerprint density at radius 3 is 2.95 bits per heavy atom. The van der Waals surface area contributed by atoms with Gasteiger partial charge >= 0.3 is 0 Å². The Hall–Kier alpha value is -1.45. The zero-order valence-electron chi connectivity index (χ0n) is 13.0. The summed E-state index contributed by atoms with van der Waals surface area (Å²) in [6.07, 6.45) is 5.82. The fraction of sp³-hybridized carbons (Fsp3) is 0.500. The minimum Gasteiger partial charge on any atom is -0.319 e. The van der Waals surface area contributed by atoms with Crippen LogP contribution in [0, 0.1) is 5.92 Å². The van der Waals surface area contributed by atoms with Crippen LogP contribution in [0.3, 0.4) is 0 Å². The number of likely N-dealkylation sites (tertiary alicyclic amines) is 1. The maximum Gasteiger partial charge on any atom is 0.0749 e. The van der Waals surface area contributed by atoms with Gasteiger partial charge in [0.1, 0.15) is 0 Å². The average Bonchev–Trinajstić information content (AvgIpc) is 2.69. The van der Waals surface area contributed by atoms with Crippen LogP contribution in [0.5, 0.6) is 0 Å². The molecule has 21 heavy (non-hydrogen) atoms. The van der Waals surface area contributed by atoms with E-state index in [0.717, 1.165) is 6.54 Å². The summed E-state index contributed by atoms with van der Waals surface area (Å²) in [4.78, 5) is 7.20. The third-order valence-electron chi connectivity index (χ3n) is 4.71. The fourth-order valence-electron chi connectivity index (χ4n) is 3.76. The summed E-state index contributed by atoms with van der Waals surface area (Å²) < 4.78 is 0. The van der Waals surface area contributed by atoms with E-state index in [1.165, 1.54) is 42.3 Å². The van der Waals surface area contributed by atoms with Crippen molar-refractivity contribution in [2.45, 2.75) is 25.3 Å². The number of nitrogens with zero attached hydrogens (tertiary/aromatic N) is 2. The Labute approximate surface area is 127 Å². The first-order valence-electron chi connectivity index (χ1n) is 7.99. The topological polar surface area (TPSA) is 28.2 Å². The average molecular weight is 283 g/mol. The van der Waals surface area contributed by atoms with Crippen molar-refractivity contribution in [1.82, 2.24) is 15.2 Å². The third kappa shape index (κ3) is 2.94. The molecule has 1 aromatic heterocycles. The summed E-state index contributed by atoms with van der Waals surface area (Å²) in [7, 11) is 4.32. The van der Waals surface area contributed by atoms with E-state index in [2.05, 4.69) is 53.6 Å². The number of benzene rings is 1. The lowest BCUT2D eigenvalue weighted by atomic mass is 9.88. The molecule has 0 spiro atoms. The second-order valence-corrected chi connectivity index (χ2v) is 6.16. The Balaban J connectivity index is 2.07. The molecule has 1 N–H and O–H groups in total. The van der Waals surface area contributed by atoms with Crippen LogP contribution < -0.4 is 5.32 Å². The van der Waals surface area contributed by atoms with E-state index in [4.69, 9.17) is 0 Å².